The molecule has 0 atom stereocenters. The zero-order valence-electron chi connectivity index (χ0n) is 14.4. The van der Waals surface area contributed by atoms with E-state index in [0.29, 0.717) is 5.56 Å². The Morgan fingerprint density at radius 1 is 1.08 bits per heavy atom. The van der Waals surface area contributed by atoms with Crippen molar-refractivity contribution >= 4 is 11.6 Å². The Hall–Kier alpha value is -3.21. The summed E-state index contributed by atoms with van der Waals surface area (Å²) < 4.78 is 15.3. The maximum absolute atomic E-state index is 13.9. The molecule has 2 aromatic carbocycles. The minimum Gasteiger partial charge on any atom is -0.321 e. The van der Waals surface area contributed by atoms with Crippen LogP contribution in [0.15, 0.2) is 71.7 Å². The van der Waals surface area contributed by atoms with Crippen molar-refractivity contribution in [3.05, 3.63) is 99.7 Å². The molecule has 0 aliphatic rings. The number of nitrogens with zero attached hydrogens (tertiary/aromatic N) is 1. The molecule has 3 aromatic rings. The van der Waals surface area contributed by atoms with E-state index in [-0.39, 0.29) is 35.9 Å². The van der Waals surface area contributed by atoms with E-state index >= 15 is 0 Å². The molecule has 0 radical (unpaired) electrons. The molecule has 0 spiro atoms. The molecule has 26 heavy (non-hydrogen) atoms. The number of anilines is 1. The van der Waals surface area contributed by atoms with Gasteiger partial charge in [0.05, 0.1) is 13.0 Å². The number of rotatable bonds is 5. The Kier molecular flexibility index (Phi) is 5.27. The van der Waals surface area contributed by atoms with E-state index in [1.807, 2.05) is 37.3 Å². The number of benzene rings is 2. The maximum atomic E-state index is 13.9. The van der Waals surface area contributed by atoms with E-state index in [9.17, 15) is 14.0 Å². The molecule has 0 saturated carbocycles. The topological polar surface area (TPSA) is 51.1 Å². The Labute approximate surface area is 150 Å². The van der Waals surface area contributed by atoms with Crippen LogP contribution in [0.3, 0.4) is 0 Å². The third-order valence-corrected chi connectivity index (χ3v) is 4.00. The van der Waals surface area contributed by atoms with Gasteiger partial charge in [-0.05, 0) is 30.2 Å². The van der Waals surface area contributed by atoms with Gasteiger partial charge in [0.2, 0.25) is 5.91 Å². The predicted octanol–water partition coefficient (Wildman–Crippen LogP) is 3.53. The summed E-state index contributed by atoms with van der Waals surface area (Å²) in [6, 6.07) is 17.3. The highest BCUT2D eigenvalue weighted by Gasteiger charge is 2.11. The summed E-state index contributed by atoms with van der Waals surface area (Å²) >= 11 is 0. The molecule has 5 heteroatoms. The van der Waals surface area contributed by atoms with Crippen molar-refractivity contribution in [3.63, 3.8) is 0 Å². The van der Waals surface area contributed by atoms with Crippen LogP contribution >= 0.6 is 0 Å². The minimum atomic E-state index is -0.365. The van der Waals surface area contributed by atoms with Crippen LogP contribution in [-0.2, 0) is 17.8 Å². The van der Waals surface area contributed by atoms with Gasteiger partial charge >= 0.3 is 0 Å². The Morgan fingerprint density at radius 2 is 1.77 bits per heavy atom. The molecule has 0 aliphatic carbocycles. The number of carbonyl (C=O) groups excluding carboxylic acids is 1. The average Bonchev–Trinajstić information content (AvgIpc) is 2.61. The molecule has 1 amide bonds. The molecule has 1 aromatic heterocycles. The third kappa shape index (κ3) is 4.25. The van der Waals surface area contributed by atoms with Gasteiger partial charge < -0.3 is 9.88 Å². The highest BCUT2D eigenvalue weighted by atomic mass is 19.1. The number of aryl methyl sites for hydroxylation is 1. The quantitative estimate of drug-likeness (QED) is 0.765. The van der Waals surface area contributed by atoms with Crippen LogP contribution in [0.1, 0.15) is 16.7 Å². The molecular weight excluding hydrogens is 331 g/mol. The van der Waals surface area contributed by atoms with Gasteiger partial charge in [-0.15, -0.1) is 0 Å². The van der Waals surface area contributed by atoms with E-state index in [0.717, 1.165) is 11.1 Å². The van der Waals surface area contributed by atoms with E-state index in [2.05, 4.69) is 5.32 Å². The van der Waals surface area contributed by atoms with Gasteiger partial charge in [-0.2, -0.15) is 0 Å². The van der Waals surface area contributed by atoms with Crippen LogP contribution in [0.2, 0.25) is 0 Å². The second-order valence-corrected chi connectivity index (χ2v) is 6.17. The monoisotopic (exact) mass is 350 g/mol. The molecule has 0 bridgehead atoms. The molecule has 0 unspecified atom stereocenters. The average molecular weight is 350 g/mol. The fourth-order valence-electron chi connectivity index (χ4n) is 2.78. The lowest BCUT2D eigenvalue weighted by Crippen LogP contribution is -2.27. The first-order valence-electron chi connectivity index (χ1n) is 8.31. The van der Waals surface area contributed by atoms with Gasteiger partial charge in [-0.3, -0.25) is 9.59 Å². The smallest absolute Gasteiger partial charge is 0.274 e. The van der Waals surface area contributed by atoms with Crippen molar-refractivity contribution in [2.24, 2.45) is 0 Å². The summed E-state index contributed by atoms with van der Waals surface area (Å²) in [6.07, 6.45) is 1.84. The Bertz CT molecular complexity index is 981. The van der Waals surface area contributed by atoms with Crippen LogP contribution in [0.5, 0.6) is 0 Å². The fourth-order valence-corrected chi connectivity index (χ4v) is 2.78. The Morgan fingerprint density at radius 3 is 2.50 bits per heavy atom. The van der Waals surface area contributed by atoms with Gasteiger partial charge in [-0.25, -0.2) is 4.39 Å². The van der Waals surface area contributed by atoms with Crippen LogP contribution < -0.4 is 10.9 Å². The van der Waals surface area contributed by atoms with E-state index in [1.165, 1.54) is 10.6 Å². The van der Waals surface area contributed by atoms with Crippen LogP contribution in [0.25, 0.3) is 0 Å². The first-order chi connectivity index (χ1) is 12.5. The molecule has 1 N–H and O–H groups in total. The highest BCUT2D eigenvalue weighted by Crippen LogP contribution is 2.11. The second-order valence-electron chi connectivity index (χ2n) is 6.17. The van der Waals surface area contributed by atoms with Crippen LogP contribution in [0.4, 0.5) is 10.1 Å². The number of pyridine rings is 1. The Balaban J connectivity index is 1.82. The summed E-state index contributed by atoms with van der Waals surface area (Å²) in [5.74, 6) is -0.632. The van der Waals surface area contributed by atoms with Gasteiger partial charge in [0, 0.05) is 11.8 Å². The summed E-state index contributed by atoms with van der Waals surface area (Å²) in [5, 5.41) is 2.67. The first-order valence-corrected chi connectivity index (χ1v) is 8.31. The summed E-state index contributed by atoms with van der Waals surface area (Å²) in [6.45, 7) is 1.93. The van der Waals surface area contributed by atoms with Gasteiger partial charge in [0.25, 0.3) is 5.56 Å². The lowest BCUT2D eigenvalue weighted by Gasteiger charge is -2.12. The van der Waals surface area contributed by atoms with Crippen LogP contribution in [0, 0.1) is 12.7 Å². The second kappa shape index (κ2) is 7.78. The predicted molar refractivity (Wildman–Crippen MR) is 99.7 cm³/mol. The largest absolute Gasteiger partial charge is 0.321 e. The van der Waals surface area contributed by atoms with Crippen molar-refractivity contribution in [1.82, 2.24) is 4.57 Å². The number of carbonyl (C=O) groups is 1. The molecule has 4 nitrogen and oxygen atoms in total. The zero-order valence-corrected chi connectivity index (χ0v) is 14.4. The van der Waals surface area contributed by atoms with Crippen molar-refractivity contribution < 1.29 is 9.18 Å². The van der Waals surface area contributed by atoms with Crippen molar-refractivity contribution in [1.29, 1.82) is 0 Å². The molecule has 1 heterocycles. The van der Waals surface area contributed by atoms with E-state index in [4.69, 9.17) is 0 Å². The number of nitrogens with one attached hydrogen (secondary N) is 1. The van der Waals surface area contributed by atoms with Gasteiger partial charge in [-0.1, -0.05) is 48.5 Å². The molecule has 0 aliphatic heterocycles. The maximum Gasteiger partial charge on any atom is 0.274 e. The standard InChI is InChI=1S/C21H19FN2O2/c1-15-11-19(23-20(25)12-16-7-3-2-4-8-16)21(26)24(13-15)14-17-9-5-6-10-18(17)22/h2-11,13H,12,14H2,1H3,(H,23,25). The summed E-state index contributed by atoms with van der Waals surface area (Å²) in [4.78, 5) is 24.9. The number of amides is 1. The zero-order chi connectivity index (χ0) is 18.5. The minimum absolute atomic E-state index is 0.106. The van der Waals surface area contributed by atoms with Crippen molar-refractivity contribution in [2.45, 2.75) is 19.9 Å². The first kappa shape index (κ1) is 17.6. The summed E-state index contributed by atoms with van der Waals surface area (Å²) in [7, 11) is 0. The third-order valence-electron chi connectivity index (χ3n) is 4.00. The molecule has 132 valence electrons. The normalized spacial score (nSPS) is 10.5. The number of hydrogen-bond donors (Lipinski definition) is 1. The van der Waals surface area contributed by atoms with E-state index in [1.54, 1.807) is 30.5 Å². The number of aromatic nitrogens is 1. The van der Waals surface area contributed by atoms with Crippen molar-refractivity contribution in [3.8, 4) is 0 Å². The molecule has 0 saturated heterocycles. The van der Waals surface area contributed by atoms with Crippen LogP contribution in [-0.4, -0.2) is 10.5 Å². The molecular formula is C21H19FN2O2. The number of hydrogen-bond acceptors (Lipinski definition) is 2. The number of halogens is 1. The van der Waals surface area contributed by atoms with E-state index < -0.39 is 0 Å². The molecule has 0 fully saturated rings. The van der Waals surface area contributed by atoms with Gasteiger partial charge in [0.15, 0.2) is 0 Å². The summed E-state index contributed by atoms with van der Waals surface area (Å²) in [5.41, 5.74) is 1.92. The highest BCUT2D eigenvalue weighted by molar-refractivity contribution is 5.92. The SMILES string of the molecule is Cc1cc(NC(=O)Cc2ccccc2)c(=O)n(Cc2ccccc2F)c1. The van der Waals surface area contributed by atoms with Gasteiger partial charge in [0.1, 0.15) is 11.5 Å². The molecule has 3 rings (SSSR count). The lowest BCUT2D eigenvalue weighted by atomic mass is 10.1. The lowest BCUT2D eigenvalue weighted by molar-refractivity contribution is -0.115. The van der Waals surface area contributed by atoms with Crippen molar-refractivity contribution in [2.75, 3.05) is 5.32 Å². The fraction of sp³-hybridized carbons (Fsp3) is 0.143.